The molecule has 0 saturated carbocycles. The summed E-state index contributed by atoms with van der Waals surface area (Å²) in [5.74, 6) is 1.75. The largest absolute Gasteiger partial charge is 0.302 e. The minimum atomic E-state index is 0.471. The molecule has 1 unspecified atom stereocenters. The fourth-order valence-corrected chi connectivity index (χ4v) is 1.64. The zero-order valence-corrected chi connectivity index (χ0v) is 9.22. The molecule has 12 heavy (non-hydrogen) atoms. The summed E-state index contributed by atoms with van der Waals surface area (Å²) in [5, 5.41) is 0. The standard InChI is InChI=1S/C11H23N/c1-9-6-12(7-9)8-10(2)11(3,4)5/h9-10H,6-8H2,1-5H3. The van der Waals surface area contributed by atoms with Crippen LogP contribution in [-0.4, -0.2) is 24.5 Å². The highest BCUT2D eigenvalue weighted by Gasteiger charge is 2.27. The van der Waals surface area contributed by atoms with E-state index in [4.69, 9.17) is 0 Å². The lowest BCUT2D eigenvalue weighted by atomic mass is 9.81. The molecule has 1 fully saturated rings. The van der Waals surface area contributed by atoms with Crippen LogP contribution in [-0.2, 0) is 0 Å². The van der Waals surface area contributed by atoms with Crippen molar-refractivity contribution in [2.24, 2.45) is 17.3 Å². The van der Waals surface area contributed by atoms with Crippen molar-refractivity contribution in [2.75, 3.05) is 19.6 Å². The fourth-order valence-electron chi connectivity index (χ4n) is 1.64. The van der Waals surface area contributed by atoms with Crippen LogP contribution < -0.4 is 0 Å². The Bertz CT molecular complexity index is 140. The van der Waals surface area contributed by atoms with Gasteiger partial charge in [0.15, 0.2) is 0 Å². The molecule has 0 aromatic heterocycles. The Kier molecular flexibility index (Phi) is 2.82. The van der Waals surface area contributed by atoms with E-state index in [0.29, 0.717) is 5.41 Å². The van der Waals surface area contributed by atoms with Crippen LogP contribution in [0.1, 0.15) is 34.6 Å². The lowest BCUT2D eigenvalue weighted by Crippen LogP contribution is -2.48. The molecular weight excluding hydrogens is 146 g/mol. The van der Waals surface area contributed by atoms with Gasteiger partial charge >= 0.3 is 0 Å². The number of rotatable bonds is 2. The highest BCUT2D eigenvalue weighted by Crippen LogP contribution is 2.28. The van der Waals surface area contributed by atoms with Crippen molar-refractivity contribution in [3.63, 3.8) is 0 Å². The van der Waals surface area contributed by atoms with Crippen molar-refractivity contribution >= 4 is 0 Å². The van der Waals surface area contributed by atoms with E-state index in [1.165, 1.54) is 19.6 Å². The van der Waals surface area contributed by atoms with Crippen LogP contribution in [0.15, 0.2) is 0 Å². The van der Waals surface area contributed by atoms with Gasteiger partial charge in [0.05, 0.1) is 0 Å². The second-order valence-electron chi connectivity index (χ2n) is 5.59. The number of hydrogen-bond donors (Lipinski definition) is 0. The highest BCUT2D eigenvalue weighted by molar-refractivity contribution is 4.80. The smallest absolute Gasteiger partial charge is 0.00195 e. The average Bonchev–Trinajstić information content (AvgIpc) is 1.82. The molecule has 1 heterocycles. The predicted molar refractivity (Wildman–Crippen MR) is 54.2 cm³/mol. The summed E-state index contributed by atoms with van der Waals surface area (Å²) in [6, 6.07) is 0. The van der Waals surface area contributed by atoms with Crippen molar-refractivity contribution in [3.05, 3.63) is 0 Å². The van der Waals surface area contributed by atoms with Crippen molar-refractivity contribution in [1.82, 2.24) is 4.90 Å². The van der Waals surface area contributed by atoms with Gasteiger partial charge in [0, 0.05) is 19.6 Å². The van der Waals surface area contributed by atoms with Crippen LogP contribution in [0.5, 0.6) is 0 Å². The van der Waals surface area contributed by atoms with Crippen molar-refractivity contribution in [2.45, 2.75) is 34.6 Å². The van der Waals surface area contributed by atoms with Gasteiger partial charge in [-0.2, -0.15) is 0 Å². The molecule has 1 aliphatic heterocycles. The van der Waals surface area contributed by atoms with Crippen LogP contribution in [0.3, 0.4) is 0 Å². The first-order valence-electron chi connectivity index (χ1n) is 5.12. The highest BCUT2D eigenvalue weighted by atomic mass is 15.2. The van der Waals surface area contributed by atoms with Crippen LogP contribution in [0.25, 0.3) is 0 Å². The maximum atomic E-state index is 2.57. The fraction of sp³-hybridized carbons (Fsp3) is 1.00. The van der Waals surface area contributed by atoms with Crippen molar-refractivity contribution in [3.8, 4) is 0 Å². The van der Waals surface area contributed by atoms with E-state index in [1.807, 2.05) is 0 Å². The lowest BCUT2D eigenvalue weighted by molar-refractivity contribution is 0.0682. The first kappa shape index (κ1) is 10.0. The maximum absolute atomic E-state index is 2.57. The second-order valence-corrected chi connectivity index (χ2v) is 5.59. The van der Waals surface area contributed by atoms with E-state index in [-0.39, 0.29) is 0 Å². The quantitative estimate of drug-likeness (QED) is 0.614. The monoisotopic (exact) mass is 169 g/mol. The van der Waals surface area contributed by atoms with E-state index in [2.05, 4.69) is 39.5 Å². The number of hydrogen-bond acceptors (Lipinski definition) is 1. The van der Waals surface area contributed by atoms with Crippen LogP contribution in [0, 0.1) is 17.3 Å². The van der Waals surface area contributed by atoms with Gasteiger partial charge in [-0.15, -0.1) is 0 Å². The minimum absolute atomic E-state index is 0.471. The molecule has 0 amide bonds. The summed E-state index contributed by atoms with van der Waals surface area (Å²) in [4.78, 5) is 2.57. The second kappa shape index (κ2) is 3.37. The van der Waals surface area contributed by atoms with Gasteiger partial charge in [0.25, 0.3) is 0 Å². The molecule has 0 radical (unpaired) electrons. The third-order valence-corrected chi connectivity index (χ3v) is 3.15. The average molecular weight is 169 g/mol. The lowest BCUT2D eigenvalue weighted by Gasteiger charge is -2.41. The summed E-state index contributed by atoms with van der Waals surface area (Å²) in [7, 11) is 0. The van der Waals surface area contributed by atoms with Gasteiger partial charge in [-0.1, -0.05) is 34.6 Å². The Labute approximate surface area is 77.1 Å². The molecule has 0 spiro atoms. The molecule has 1 rings (SSSR count). The summed E-state index contributed by atoms with van der Waals surface area (Å²) < 4.78 is 0. The molecule has 0 aliphatic carbocycles. The normalized spacial score (nSPS) is 23.8. The summed E-state index contributed by atoms with van der Waals surface area (Å²) in [6.45, 7) is 15.6. The van der Waals surface area contributed by atoms with Gasteiger partial charge in [0.1, 0.15) is 0 Å². The third-order valence-electron chi connectivity index (χ3n) is 3.15. The predicted octanol–water partition coefficient (Wildman–Crippen LogP) is 2.62. The molecule has 72 valence electrons. The summed E-state index contributed by atoms with van der Waals surface area (Å²) in [6.07, 6.45) is 0. The van der Waals surface area contributed by atoms with Crippen LogP contribution in [0.4, 0.5) is 0 Å². The Hall–Kier alpha value is -0.0400. The summed E-state index contributed by atoms with van der Waals surface area (Å²) in [5.41, 5.74) is 0.471. The first-order chi connectivity index (χ1) is 5.39. The molecule has 1 atom stereocenters. The van der Waals surface area contributed by atoms with Gasteiger partial charge < -0.3 is 4.90 Å². The number of likely N-dealkylation sites (tertiary alicyclic amines) is 1. The van der Waals surface area contributed by atoms with Gasteiger partial charge in [-0.25, -0.2) is 0 Å². The molecule has 0 N–H and O–H groups in total. The topological polar surface area (TPSA) is 3.24 Å². The first-order valence-corrected chi connectivity index (χ1v) is 5.12. The molecule has 0 bridgehead atoms. The van der Waals surface area contributed by atoms with E-state index in [0.717, 1.165) is 11.8 Å². The third kappa shape index (κ3) is 2.48. The SMILES string of the molecule is CC1CN(CC(C)C(C)(C)C)C1. The van der Waals surface area contributed by atoms with Gasteiger partial charge in [-0.05, 0) is 17.3 Å². The van der Waals surface area contributed by atoms with Crippen LogP contribution >= 0.6 is 0 Å². The van der Waals surface area contributed by atoms with Crippen molar-refractivity contribution < 1.29 is 0 Å². The zero-order chi connectivity index (χ0) is 9.35. The molecule has 1 nitrogen and oxygen atoms in total. The molecule has 1 heteroatoms. The Balaban J connectivity index is 2.23. The molecule has 0 aromatic carbocycles. The van der Waals surface area contributed by atoms with E-state index >= 15 is 0 Å². The Morgan fingerprint density at radius 2 is 1.83 bits per heavy atom. The molecule has 1 saturated heterocycles. The van der Waals surface area contributed by atoms with Crippen molar-refractivity contribution in [1.29, 1.82) is 0 Å². The Morgan fingerprint density at radius 3 is 2.17 bits per heavy atom. The van der Waals surface area contributed by atoms with E-state index in [9.17, 15) is 0 Å². The van der Waals surface area contributed by atoms with E-state index < -0.39 is 0 Å². The van der Waals surface area contributed by atoms with E-state index in [1.54, 1.807) is 0 Å². The maximum Gasteiger partial charge on any atom is 0.00195 e. The Morgan fingerprint density at radius 1 is 1.33 bits per heavy atom. The minimum Gasteiger partial charge on any atom is -0.302 e. The van der Waals surface area contributed by atoms with Gasteiger partial charge in [-0.3, -0.25) is 0 Å². The molecule has 0 aromatic rings. The van der Waals surface area contributed by atoms with Crippen LogP contribution in [0.2, 0.25) is 0 Å². The molecular formula is C11H23N. The zero-order valence-electron chi connectivity index (χ0n) is 9.22. The number of nitrogens with zero attached hydrogens (tertiary/aromatic N) is 1. The molecule has 1 aliphatic rings. The summed E-state index contributed by atoms with van der Waals surface area (Å²) >= 11 is 0. The van der Waals surface area contributed by atoms with Gasteiger partial charge in [0.2, 0.25) is 0 Å².